The van der Waals surface area contributed by atoms with Crippen molar-refractivity contribution in [1.29, 1.82) is 0 Å². The van der Waals surface area contributed by atoms with E-state index in [1.54, 1.807) is 11.5 Å². The second-order valence-electron chi connectivity index (χ2n) is 18.3. The Bertz CT molecular complexity index is 2560. The van der Waals surface area contributed by atoms with Crippen LogP contribution < -0.4 is 20.4 Å². The summed E-state index contributed by atoms with van der Waals surface area (Å²) in [5, 5.41) is 8.71. The van der Waals surface area contributed by atoms with E-state index in [1.807, 2.05) is 58.6 Å². The maximum absolute atomic E-state index is 13.1. The molecule has 0 atom stereocenters. The molecule has 2 saturated carbocycles. The topological polar surface area (TPSA) is 109 Å². The number of amides is 4. The molecule has 11 nitrogen and oxygen atoms in total. The molecule has 4 aromatic carbocycles. The number of rotatable bonds is 6. The van der Waals surface area contributed by atoms with Crippen LogP contribution in [0.3, 0.4) is 0 Å². The number of hydrogen-bond donors (Lipinski definition) is 3. The third-order valence-electron chi connectivity index (χ3n) is 14.7. The summed E-state index contributed by atoms with van der Waals surface area (Å²) in [4.78, 5) is 50.0. The fourth-order valence-electron chi connectivity index (χ4n) is 11.1. The number of carbonyl (C=O) groups is 3. The molecule has 4 heterocycles. The Morgan fingerprint density at radius 2 is 0.984 bits per heavy atom. The molecule has 2 aliphatic heterocycles. The first-order valence-corrected chi connectivity index (χ1v) is 21.7. The lowest BCUT2D eigenvalue weighted by Gasteiger charge is -2.48. The summed E-state index contributed by atoms with van der Waals surface area (Å²) in [5.74, 6) is -0.0573. The van der Waals surface area contributed by atoms with Gasteiger partial charge in [-0.05, 0) is 103 Å². The van der Waals surface area contributed by atoms with Gasteiger partial charge in [-0.3, -0.25) is 29.0 Å². The number of hydrogen-bond acceptors (Lipinski definition) is 5. The highest BCUT2D eigenvalue weighted by Crippen LogP contribution is 2.48. The quantitative estimate of drug-likeness (QED) is 0.155. The van der Waals surface area contributed by atoms with Crippen LogP contribution in [-0.2, 0) is 11.1 Å². The lowest BCUT2D eigenvalue weighted by atomic mass is 9.69. The van der Waals surface area contributed by atoms with Crippen LogP contribution in [0.1, 0.15) is 89.1 Å². The number of benzene rings is 4. The normalized spacial score (nSPS) is 25.5. The molecule has 2 aromatic heterocycles. The minimum absolute atomic E-state index is 0. The molecular formula is C52H66N8O3. The van der Waals surface area contributed by atoms with Gasteiger partial charge in [-0.15, -0.1) is 0 Å². The average Bonchev–Trinajstić information content (AvgIpc) is 4.04. The van der Waals surface area contributed by atoms with Gasteiger partial charge in [0.05, 0.1) is 41.1 Å². The highest BCUT2D eigenvalue weighted by molar-refractivity contribution is 6.07. The number of nitrogens with one attached hydrogen (secondary N) is 3. The van der Waals surface area contributed by atoms with Crippen LogP contribution in [0.2, 0.25) is 0 Å². The van der Waals surface area contributed by atoms with E-state index in [0.717, 1.165) is 91.1 Å². The largest absolute Gasteiger partial charge is 0.359 e. The Kier molecular flexibility index (Phi) is 12.4. The van der Waals surface area contributed by atoms with E-state index >= 15 is 0 Å². The summed E-state index contributed by atoms with van der Waals surface area (Å²) >= 11 is 0. The van der Waals surface area contributed by atoms with Gasteiger partial charge >= 0.3 is 12.1 Å². The predicted molar refractivity (Wildman–Crippen MR) is 258 cm³/mol. The van der Waals surface area contributed by atoms with Gasteiger partial charge in [0.1, 0.15) is 0 Å². The van der Waals surface area contributed by atoms with Gasteiger partial charge in [0.15, 0.2) is 0 Å². The van der Waals surface area contributed by atoms with Crippen molar-refractivity contribution in [2.45, 2.75) is 95.3 Å². The number of aromatic amines is 1. The van der Waals surface area contributed by atoms with E-state index in [9.17, 15) is 14.4 Å². The summed E-state index contributed by atoms with van der Waals surface area (Å²) in [7, 11) is 8.66. The van der Waals surface area contributed by atoms with E-state index < -0.39 is 0 Å². The maximum atomic E-state index is 13.1. The van der Waals surface area contributed by atoms with E-state index in [-0.39, 0.29) is 55.0 Å². The van der Waals surface area contributed by atoms with Gasteiger partial charge in [-0.1, -0.05) is 112 Å². The molecular weight excluding hydrogens is 785 g/mol. The van der Waals surface area contributed by atoms with Crippen molar-refractivity contribution in [3.8, 4) is 0 Å². The van der Waals surface area contributed by atoms with E-state index in [2.05, 4.69) is 126 Å². The molecule has 11 heteroatoms. The Labute approximate surface area is 373 Å². The molecule has 4 aliphatic rings. The van der Waals surface area contributed by atoms with Gasteiger partial charge in [-0.25, -0.2) is 9.59 Å². The van der Waals surface area contributed by atoms with Crippen LogP contribution in [0.5, 0.6) is 0 Å². The Balaban J connectivity index is 0.000000184. The van der Waals surface area contributed by atoms with Gasteiger partial charge in [0, 0.05) is 46.7 Å². The maximum Gasteiger partial charge on any atom is 0.322 e. The monoisotopic (exact) mass is 851 g/mol. The zero-order chi connectivity index (χ0) is 42.6. The molecule has 0 radical (unpaired) electrons. The van der Waals surface area contributed by atoms with Crippen LogP contribution in [0, 0.1) is 0 Å². The molecule has 63 heavy (non-hydrogen) atoms. The molecule has 3 N–H and O–H groups in total. The lowest BCUT2D eigenvalue weighted by Crippen LogP contribution is -2.54. The average molecular weight is 851 g/mol. The summed E-state index contributed by atoms with van der Waals surface area (Å²) in [6.45, 7) is 2.90. The molecule has 0 unspecified atom stereocenters. The molecule has 2 spiro atoms. The molecule has 10 rings (SSSR count). The second kappa shape index (κ2) is 17.3. The smallest absolute Gasteiger partial charge is 0.322 e. The molecule has 4 fully saturated rings. The van der Waals surface area contributed by atoms with Crippen LogP contribution in [0.25, 0.3) is 21.8 Å². The predicted octanol–water partition coefficient (Wildman–Crippen LogP) is 10.3. The number of anilines is 2. The third-order valence-corrected chi connectivity index (χ3v) is 14.7. The van der Waals surface area contributed by atoms with Crippen LogP contribution >= 0.6 is 0 Å². The number of urea groups is 2. The fourth-order valence-corrected chi connectivity index (χ4v) is 11.1. The van der Waals surface area contributed by atoms with Crippen molar-refractivity contribution in [1.82, 2.24) is 30.0 Å². The van der Waals surface area contributed by atoms with Gasteiger partial charge in [0.2, 0.25) is 5.91 Å². The van der Waals surface area contributed by atoms with Crippen molar-refractivity contribution in [3.63, 3.8) is 0 Å². The lowest BCUT2D eigenvalue weighted by molar-refractivity contribution is 0.0657. The van der Waals surface area contributed by atoms with Crippen LogP contribution in [0.15, 0.2) is 122 Å². The molecule has 0 bridgehead atoms. The van der Waals surface area contributed by atoms with Crippen molar-refractivity contribution in [2.75, 3.05) is 51.1 Å². The summed E-state index contributed by atoms with van der Waals surface area (Å²) in [5.41, 5.74) is 6.01. The molecule has 2 saturated heterocycles. The number of H-pyrrole nitrogens is 1. The van der Waals surface area contributed by atoms with Gasteiger partial charge < -0.3 is 15.6 Å². The van der Waals surface area contributed by atoms with E-state index in [1.165, 1.54) is 11.1 Å². The SMILES string of the molecule is C.C.CC(=O)n1cc(N2CC3(CCC(c4ccccc4)(N(C)C)CC3)NC2=O)c2ccccc21.CN(C)C1(c2ccccc2)CCC2(CC1)CN(c1c[nH]c3ccccc13)C(=O)N2. The fraction of sp³-hybridized carbons (Fsp3) is 0.404. The number of fused-ring (bicyclic) bond motifs is 2. The van der Waals surface area contributed by atoms with E-state index in [0.29, 0.717) is 6.54 Å². The van der Waals surface area contributed by atoms with Crippen LogP contribution in [-0.4, -0.2) is 89.7 Å². The van der Waals surface area contributed by atoms with Crippen molar-refractivity contribution >= 4 is 51.2 Å². The highest BCUT2D eigenvalue weighted by Gasteiger charge is 2.52. The van der Waals surface area contributed by atoms with Crippen molar-refractivity contribution in [3.05, 3.63) is 133 Å². The number of nitrogens with zero attached hydrogens (tertiary/aromatic N) is 5. The number of para-hydroxylation sites is 2. The Morgan fingerprint density at radius 3 is 1.46 bits per heavy atom. The first kappa shape index (κ1) is 45.1. The van der Waals surface area contributed by atoms with Gasteiger partial charge in [-0.2, -0.15) is 0 Å². The molecule has 4 amide bonds. The summed E-state index contributed by atoms with van der Waals surface area (Å²) in [6.07, 6.45) is 11.6. The zero-order valence-corrected chi connectivity index (χ0v) is 36.1. The minimum atomic E-state index is -0.245. The van der Waals surface area contributed by atoms with Crippen molar-refractivity contribution in [2.24, 2.45) is 0 Å². The minimum Gasteiger partial charge on any atom is -0.359 e. The Morgan fingerprint density at radius 1 is 0.556 bits per heavy atom. The van der Waals surface area contributed by atoms with Crippen molar-refractivity contribution < 1.29 is 14.4 Å². The summed E-state index contributed by atoms with van der Waals surface area (Å²) < 4.78 is 1.64. The first-order chi connectivity index (χ1) is 29.4. The molecule has 2 aliphatic carbocycles. The van der Waals surface area contributed by atoms with E-state index in [4.69, 9.17) is 0 Å². The Hall–Kier alpha value is -5.91. The second-order valence-corrected chi connectivity index (χ2v) is 18.3. The zero-order valence-electron chi connectivity index (χ0n) is 36.1. The molecule has 332 valence electrons. The standard InChI is InChI=1S/C26H30N4O2.C24H28N4O.2CH4/c1-19(31)29-17-23(21-11-7-8-12-22(21)29)30-18-25(27-24(30)32)13-15-26(16-14-25,28(2)3)20-9-5-4-6-10-20;1-27(2)24(18-8-4-3-5-9-18)14-12-23(13-15-24)17-28(22(29)26-23)21-16-25-20-11-7-6-10-19(20)21;;/h4-12,17H,13-16,18H2,1-3H3,(H,27,32);3-11,16,25H,12-15,17H2,1-2H3,(H,26,29);2*1H4. The highest BCUT2D eigenvalue weighted by atomic mass is 16.2. The summed E-state index contributed by atoms with van der Waals surface area (Å²) in [6, 6.07) is 37.4. The molecule has 6 aromatic rings. The first-order valence-electron chi connectivity index (χ1n) is 21.7. The van der Waals surface area contributed by atoms with Gasteiger partial charge in [0.25, 0.3) is 0 Å². The number of carbonyl (C=O) groups excluding carboxylic acids is 3. The van der Waals surface area contributed by atoms with Crippen LogP contribution in [0.4, 0.5) is 21.0 Å². The third kappa shape index (κ3) is 7.80. The number of aromatic nitrogens is 2.